The molecular formula is C17H26N4O4S. The number of nitrogens with one attached hydrogen (secondary N) is 2. The van der Waals surface area contributed by atoms with Crippen LogP contribution in [-0.4, -0.2) is 69.3 Å². The summed E-state index contributed by atoms with van der Waals surface area (Å²) in [5, 5.41) is 4.52. The van der Waals surface area contributed by atoms with Crippen molar-refractivity contribution in [2.45, 2.75) is 25.7 Å². The average molecular weight is 382 g/mol. The number of benzene rings is 1. The van der Waals surface area contributed by atoms with Gasteiger partial charge in [0.25, 0.3) is 0 Å². The Morgan fingerprint density at radius 1 is 1.04 bits per heavy atom. The molecule has 9 heteroatoms. The Balaban J connectivity index is 2.03. The van der Waals surface area contributed by atoms with Crippen LogP contribution in [0.5, 0.6) is 0 Å². The zero-order valence-electron chi connectivity index (χ0n) is 15.6. The highest BCUT2D eigenvalue weighted by Crippen LogP contribution is 2.25. The van der Waals surface area contributed by atoms with Crippen molar-refractivity contribution in [2.75, 3.05) is 39.8 Å². The third-order valence-corrected chi connectivity index (χ3v) is 6.59. The van der Waals surface area contributed by atoms with Crippen molar-refractivity contribution >= 4 is 22.0 Å². The highest BCUT2D eigenvalue weighted by atomic mass is 32.2. The van der Waals surface area contributed by atoms with E-state index in [1.807, 2.05) is 37.8 Å². The third-order valence-electron chi connectivity index (χ3n) is 4.38. The van der Waals surface area contributed by atoms with E-state index in [9.17, 15) is 18.0 Å². The Kier molecular flexibility index (Phi) is 6.38. The molecule has 0 bridgehead atoms. The largest absolute Gasteiger partial charge is 0.341 e. The van der Waals surface area contributed by atoms with Crippen molar-refractivity contribution in [2.24, 2.45) is 0 Å². The second kappa shape index (κ2) is 8.15. The number of nitrogens with zero attached hydrogens (tertiary/aromatic N) is 2. The van der Waals surface area contributed by atoms with Crippen LogP contribution in [-0.2, 0) is 14.8 Å². The number of rotatable bonds is 4. The molecule has 0 atom stereocenters. The van der Waals surface area contributed by atoms with Gasteiger partial charge in [0.15, 0.2) is 0 Å². The molecule has 8 nitrogen and oxygen atoms in total. The summed E-state index contributed by atoms with van der Waals surface area (Å²) in [6, 6.07) is 3.19. The Morgan fingerprint density at radius 2 is 1.58 bits per heavy atom. The van der Waals surface area contributed by atoms with Crippen LogP contribution in [0.15, 0.2) is 17.0 Å². The Bertz CT molecular complexity index is 776. The fourth-order valence-electron chi connectivity index (χ4n) is 3.26. The van der Waals surface area contributed by atoms with Gasteiger partial charge in [-0.1, -0.05) is 17.7 Å². The van der Waals surface area contributed by atoms with Crippen molar-refractivity contribution in [1.29, 1.82) is 0 Å². The molecule has 1 saturated heterocycles. The maximum Gasteiger partial charge on any atom is 0.321 e. The fraction of sp³-hybridized carbons (Fsp3) is 0.529. The molecule has 0 spiro atoms. The molecule has 0 aromatic heterocycles. The Hall–Kier alpha value is -1.97. The van der Waals surface area contributed by atoms with Gasteiger partial charge in [-0.05, 0) is 31.9 Å². The van der Waals surface area contributed by atoms with Gasteiger partial charge < -0.3 is 5.32 Å². The number of amides is 3. The van der Waals surface area contributed by atoms with Crippen LogP contribution in [0.3, 0.4) is 0 Å². The zero-order valence-corrected chi connectivity index (χ0v) is 16.4. The lowest BCUT2D eigenvalue weighted by Crippen LogP contribution is -2.52. The minimum Gasteiger partial charge on any atom is -0.341 e. The minimum atomic E-state index is -3.57. The molecule has 1 aromatic carbocycles. The maximum atomic E-state index is 13.0. The number of hydrogen-bond donors (Lipinski definition) is 2. The summed E-state index contributed by atoms with van der Waals surface area (Å²) in [6.07, 6.45) is 0. The van der Waals surface area contributed by atoms with Crippen LogP contribution in [0.25, 0.3) is 0 Å². The number of carbonyl (C=O) groups is 2. The van der Waals surface area contributed by atoms with Crippen LogP contribution in [0.4, 0.5) is 4.79 Å². The molecule has 0 unspecified atom stereocenters. The van der Waals surface area contributed by atoms with Crippen molar-refractivity contribution in [1.82, 2.24) is 19.8 Å². The molecule has 1 fully saturated rings. The van der Waals surface area contributed by atoms with E-state index in [1.165, 1.54) is 11.4 Å². The van der Waals surface area contributed by atoms with Crippen molar-refractivity contribution in [3.63, 3.8) is 0 Å². The van der Waals surface area contributed by atoms with E-state index in [0.29, 0.717) is 31.1 Å². The van der Waals surface area contributed by atoms with E-state index >= 15 is 0 Å². The standard InChI is InChI=1S/C17H26N4O4S/c1-12-9-13(2)16(14(3)10-12)26(24,25)21-7-5-20(6-8-21)11-15(22)19-17(23)18-4/h9-10H,5-8,11H2,1-4H3,(H2,18,19,22,23). The van der Waals surface area contributed by atoms with Crippen molar-refractivity contribution in [3.8, 4) is 0 Å². The molecule has 144 valence electrons. The lowest BCUT2D eigenvalue weighted by molar-refractivity contribution is -0.121. The third kappa shape index (κ3) is 4.60. The van der Waals surface area contributed by atoms with Crippen LogP contribution >= 0.6 is 0 Å². The number of aryl methyl sites for hydroxylation is 3. The zero-order chi connectivity index (χ0) is 19.5. The fourth-order valence-corrected chi connectivity index (χ4v) is 5.10. The van der Waals surface area contributed by atoms with Crippen LogP contribution in [0.2, 0.25) is 0 Å². The van der Waals surface area contributed by atoms with Gasteiger partial charge >= 0.3 is 6.03 Å². The highest BCUT2D eigenvalue weighted by molar-refractivity contribution is 7.89. The van der Waals surface area contributed by atoms with Crippen LogP contribution < -0.4 is 10.6 Å². The van der Waals surface area contributed by atoms with E-state index in [1.54, 1.807) is 0 Å². The Labute approximate surface area is 154 Å². The predicted octanol–water partition coefficient (Wildman–Crippen LogP) is 0.374. The van der Waals surface area contributed by atoms with Crippen molar-refractivity contribution in [3.05, 3.63) is 28.8 Å². The first-order valence-electron chi connectivity index (χ1n) is 8.47. The number of piperazine rings is 1. The molecule has 0 radical (unpaired) electrons. The molecule has 2 N–H and O–H groups in total. The molecule has 1 aliphatic rings. The number of urea groups is 1. The normalized spacial score (nSPS) is 16.3. The highest BCUT2D eigenvalue weighted by Gasteiger charge is 2.31. The van der Waals surface area contributed by atoms with Crippen LogP contribution in [0.1, 0.15) is 16.7 Å². The maximum absolute atomic E-state index is 13.0. The Morgan fingerprint density at radius 3 is 2.08 bits per heavy atom. The van der Waals surface area contributed by atoms with Gasteiger partial charge in [0.1, 0.15) is 0 Å². The first kappa shape index (κ1) is 20.3. The van der Waals surface area contributed by atoms with E-state index in [4.69, 9.17) is 0 Å². The summed E-state index contributed by atoms with van der Waals surface area (Å²) in [5.74, 6) is -0.411. The molecule has 0 saturated carbocycles. The number of imide groups is 1. The molecular weight excluding hydrogens is 356 g/mol. The summed E-state index contributed by atoms with van der Waals surface area (Å²) in [6.45, 7) is 7.11. The summed E-state index contributed by atoms with van der Waals surface area (Å²) in [4.78, 5) is 25.1. The molecule has 2 rings (SSSR count). The van der Waals surface area contributed by atoms with Gasteiger partial charge in [-0.25, -0.2) is 13.2 Å². The molecule has 1 heterocycles. The quantitative estimate of drug-likeness (QED) is 0.784. The van der Waals surface area contributed by atoms with Gasteiger partial charge in [0, 0.05) is 33.2 Å². The first-order chi connectivity index (χ1) is 12.1. The average Bonchev–Trinajstić information content (AvgIpc) is 2.53. The van der Waals surface area contributed by atoms with Crippen LogP contribution in [0, 0.1) is 20.8 Å². The molecule has 0 aliphatic carbocycles. The predicted molar refractivity (Wildman–Crippen MR) is 98.5 cm³/mol. The van der Waals surface area contributed by atoms with E-state index < -0.39 is 22.0 Å². The van der Waals surface area contributed by atoms with Gasteiger partial charge in [0.05, 0.1) is 11.4 Å². The van der Waals surface area contributed by atoms with E-state index in [2.05, 4.69) is 10.6 Å². The second-order valence-electron chi connectivity index (χ2n) is 6.54. The minimum absolute atomic E-state index is 0.0594. The van der Waals surface area contributed by atoms with Gasteiger partial charge in [-0.15, -0.1) is 0 Å². The lowest BCUT2D eigenvalue weighted by atomic mass is 10.1. The molecule has 1 aliphatic heterocycles. The second-order valence-corrected chi connectivity index (χ2v) is 8.41. The summed E-state index contributed by atoms with van der Waals surface area (Å²) in [7, 11) is -2.14. The van der Waals surface area contributed by atoms with Gasteiger partial charge in [-0.2, -0.15) is 4.31 Å². The number of sulfonamides is 1. The summed E-state index contributed by atoms with van der Waals surface area (Å²) in [5.41, 5.74) is 2.52. The lowest BCUT2D eigenvalue weighted by Gasteiger charge is -2.34. The summed E-state index contributed by atoms with van der Waals surface area (Å²) < 4.78 is 27.5. The topological polar surface area (TPSA) is 98.8 Å². The van der Waals surface area contributed by atoms with Crippen molar-refractivity contribution < 1.29 is 18.0 Å². The number of hydrogen-bond acceptors (Lipinski definition) is 5. The first-order valence-corrected chi connectivity index (χ1v) is 9.91. The molecule has 1 aromatic rings. The summed E-state index contributed by atoms with van der Waals surface area (Å²) >= 11 is 0. The number of carbonyl (C=O) groups excluding carboxylic acids is 2. The molecule has 26 heavy (non-hydrogen) atoms. The molecule has 3 amide bonds. The van der Waals surface area contributed by atoms with E-state index in [0.717, 1.165) is 16.7 Å². The monoisotopic (exact) mass is 382 g/mol. The van der Waals surface area contributed by atoms with E-state index in [-0.39, 0.29) is 6.54 Å². The van der Waals surface area contributed by atoms with Gasteiger partial charge in [-0.3, -0.25) is 15.0 Å². The smallest absolute Gasteiger partial charge is 0.321 e. The van der Waals surface area contributed by atoms with Gasteiger partial charge in [0.2, 0.25) is 15.9 Å². The SMILES string of the molecule is CNC(=O)NC(=O)CN1CCN(S(=O)(=O)c2c(C)cc(C)cc2C)CC1.